The average Bonchev–Trinajstić information content (AvgIpc) is 2.30. The first kappa shape index (κ1) is 12.4. The number of benzene rings is 1. The largest absolute Gasteiger partial charge is 0.501 e. The molecule has 0 amide bonds. The molecule has 3 heteroatoms. The summed E-state index contributed by atoms with van der Waals surface area (Å²) in [6.07, 6.45) is 2.46. The Morgan fingerprint density at radius 3 is 2.50 bits per heavy atom. The molecule has 1 aromatic rings. The predicted octanol–water partition coefficient (Wildman–Crippen LogP) is 2.99. The minimum atomic E-state index is -0.220. The first-order chi connectivity index (χ1) is 7.67. The second kappa shape index (κ2) is 6.05. The Morgan fingerprint density at radius 2 is 2.00 bits per heavy atom. The third kappa shape index (κ3) is 3.50. The van der Waals surface area contributed by atoms with Gasteiger partial charge in [0.2, 0.25) is 0 Å². The zero-order valence-corrected chi connectivity index (χ0v) is 9.83. The first-order valence-electron chi connectivity index (χ1n) is 5.07. The number of ether oxygens (including phenoxy) is 1. The van der Waals surface area contributed by atoms with Crippen LogP contribution in [0.5, 0.6) is 0 Å². The van der Waals surface area contributed by atoms with Gasteiger partial charge in [-0.2, -0.15) is 0 Å². The zero-order chi connectivity index (χ0) is 12.0. The van der Waals surface area contributed by atoms with Crippen LogP contribution in [-0.4, -0.2) is 20.4 Å². The number of rotatable bonds is 4. The third-order valence-electron chi connectivity index (χ3n) is 2.35. The fourth-order valence-electron chi connectivity index (χ4n) is 1.37. The molecule has 0 bridgehead atoms. The number of nitrogens with zero attached hydrogens (tertiary/aromatic N) is 1. The van der Waals surface area contributed by atoms with E-state index in [0.717, 1.165) is 16.9 Å². The maximum atomic E-state index is 12.7. The van der Waals surface area contributed by atoms with Crippen molar-refractivity contribution in [3.63, 3.8) is 0 Å². The highest BCUT2D eigenvalue weighted by Gasteiger charge is 2.02. The van der Waals surface area contributed by atoms with Gasteiger partial charge in [0, 0.05) is 25.3 Å². The molecule has 16 heavy (non-hydrogen) atoms. The Bertz CT molecular complexity index is 393. The molecule has 0 spiro atoms. The van der Waals surface area contributed by atoms with Crippen molar-refractivity contribution in [1.29, 1.82) is 0 Å². The summed E-state index contributed by atoms with van der Waals surface area (Å²) in [5, 5.41) is 0. The van der Waals surface area contributed by atoms with Crippen molar-refractivity contribution >= 4 is 6.21 Å². The van der Waals surface area contributed by atoms with E-state index in [1.165, 1.54) is 12.1 Å². The minimum Gasteiger partial charge on any atom is -0.501 e. The van der Waals surface area contributed by atoms with Crippen molar-refractivity contribution in [2.24, 2.45) is 4.99 Å². The number of allylic oxidation sites excluding steroid dienone is 2. The predicted molar refractivity (Wildman–Crippen MR) is 64.2 cm³/mol. The molecule has 0 aliphatic heterocycles. The van der Waals surface area contributed by atoms with Crippen molar-refractivity contribution < 1.29 is 9.13 Å². The van der Waals surface area contributed by atoms with Gasteiger partial charge in [-0.05, 0) is 24.6 Å². The zero-order valence-electron chi connectivity index (χ0n) is 9.83. The Morgan fingerprint density at radius 1 is 1.38 bits per heavy atom. The van der Waals surface area contributed by atoms with Crippen LogP contribution in [0.4, 0.5) is 4.39 Å². The lowest BCUT2D eigenvalue weighted by Gasteiger charge is -2.07. The van der Waals surface area contributed by atoms with Crippen LogP contribution in [0, 0.1) is 5.82 Å². The van der Waals surface area contributed by atoms with E-state index in [9.17, 15) is 4.39 Å². The average molecular weight is 221 g/mol. The molecule has 0 fully saturated rings. The lowest BCUT2D eigenvalue weighted by atomic mass is 10.1. The summed E-state index contributed by atoms with van der Waals surface area (Å²) in [6, 6.07) is 6.44. The van der Waals surface area contributed by atoms with E-state index in [1.54, 1.807) is 32.5 Å². The maximum absolute atomic E-state index is 12.7. The highest BCUT2D eigenvalue weighted by molar-refractivity contribution is 5.79. The molecule has 0 atom stereocenters. The maximum Gasteiger partial charge on any atom is 0.123 e. The van der Waals surface area contributed by atoms with Crippen molar-refractivity contribution in [1.82, 2.24) is 0 Å². The molecule has 0 unspecified atom stereocenters. The van der Waals surface area contributed by atoms with Gasteiger partial charge in [-0.3, -0.25) is 4.99 Å². The van der Waals surface area contributed by atoms with E-state index in [2.05, 4.69) is 4.99 Å². The van der Waals surface area contributed by atoms with Crippen LogP contribution in [0.1, 0.15) is 12.5 Å². The molecule has 0 aliphatic carbocycles. The number of methoxy groups -OCH3 is 1. The number of hydrogen-bond donors (Lipinski definition) is 0. The van der Waals surface area contributed by atoms with E-state index >= 15 is 0 Å². The van der Waals surface area contributed by atoms with E-state index in [4.69, 9.17) is 4.74 Å². The molecule has 0 aromatic heterocycles. The van der Waals surface area contributed by atoms with Crippen LogP contribution in [-0.2, 0) is 11.2 Å². The highest BCUT2D eigenvalue weighted by atomic mass is 19.1. The fraction of sp³-hybridized carbons (Fsp3) is 0.308. The third-order valence-corrected chi connectivity index (χ3v) is 2.35. The fourth-order valence-corrected chi connectivity index (χ4v) is 1.37. The topological polar surface area (TPSA) is 21.6 Å². The van der Waals surface area contributed by atoms with Crippen LogP contribution in [0.15, 0.2) is 40.6 Å². The van der Waals surface area contributed by atoms with Crippen molar-refractivity contribution in [2.75, 3.05) is 14.2 Å². The van der Waals surface area contributed by atoms with E-state index in [0.29, 0.717) is 6.42 Å². The van der Waals surface area contributed by atoms with E-state index in [1.807, 2.05) is 6.92 Å². The van der Waals surface area contributed by atoms with Gasteiger partial charge in [0.25, 0.3) is 0 Å². The Kier molecular flexibility index (Phi) is 4.70. The molecule has 0 N–H and O–H groups in total. The van der Waals surface area contributed by atoms with Crippen molar-refractivity contribution in [2.45, 2.75) is 13.3 Å². The molecule has 1 rings (SSSR count). The lowest BCUT2D eigenvalue weighted by Crippen LogP contribution is -1.98. The Hall–Kier alpha value is -1.64. The second-order valence-electron chi connectivity index (χ2n) is 3.48. The van der Waals surface area contributed by atoms with E-state index < -0.39 is 0 Å². The molecule has 0 radical (unpaired) electrons. The van der Waals surface area contributed by atoms with Crippen molar-refractivity contribution in [3.05, 3.63) is 47.0 Å². The van der Waals surface area contributed by atoms with Gasteiger partial charge in [-0.15, -0.1) is 0 Å². The lowest BCUT2D eigenvalue weighted by molar-refractivity contribution is 0.290. The van der Waals surface area contributed by atoms with Crippen LogP contribution >= 0.6 is 0 Å². The van der Waals surface area contributed by atoms with Gasteiger partial charge in [-0.25, -0.2) is 4.39 Å². The highest BCUT2D eigenvalue weighted by Crippen LogP contribution is 2.12. The molecular weight excluding hydrogens is 205 g/mol. The SMILES string of the molecule is CN=CC(Cc1ccc(F)cc1)=C(C)OC. The molecule has 0 heterocycles. The Balaban J connectivity index is 2.88. The number of hydrogen-bond acceptors (Lipinski definition) is 2. The summed E-state index contributed by atoms with van der Waals surface area (Å²) in [6.45, 7) is 1.89. The summed E-state index contributed by atoms with van der Waals surface area (Å²) in [5.74, 6) is 0.608. The van der Waals surface area contributed by atoms with Crippen LogP contribution in [0.25, 0.3) is 0 Å². The Labute approximate surface area is 95.5 Å². The quantitative estimate of drug-likeness (QED) is 0.565. The summed E-state index contributed by atoms with van der Waals surface area (Å²) >= 11 is 0. The molecule has 1 aromatic carbocycles. The standard InChI is InChI=1S/C13H16FNO/c1-10(16-3)12(9-15-2)8-11-4-6-13(14)7-5-11/h4-7,9H,8H2,1-3H3. The second-order valence-corrected chi connectivity index (χ2v) is 3.48. The normalized spacial score (nSPS) is 12.8. The van der Waals surface area contributed by atoms with Gasteiger partial charge in [0.1, 0.15) is 5.82 Å². The molecule has 2 nitrogen and oxygen atoms in total. The number of aliphatic imine (C=N–C) groups is 1. The summed E-state index contributed by atoms with van der Waals surface area (Å²) < 4.78 is 17.9. The van der Waals surface area contributed by atoms with Crippen LogP contribution in [0.3, 0.4) is 0 Å². The van der Waals surface area contributed by atoms with Crippen molar-refractivity contribution in [3.8, 4) is 0 Å². The molecular formula is C13H16FNO. The summed E-state index contributed by atoms with van der Waals surface area (Å²) in [5.41, 5.74) is 2.03. The molecule has 86 valence electrons. The molecule has 0 aliphatic rings. The summed E-state index contributed by atoms with van der Waals surface area (Å²) in [7, 11) is 3.34. The molecule has 0 saturated heterocycles. The van der Waals surface area contributed by atoms with Crippen LogP contribution < -0.4 is 0 Å². The van der Waals surface area contributed by atoms with Gasteiger partial charge in [-0.1, -0.05) is 12.1 Å². The molecule has 0 saturated carbocycles. The van der Waals surface area contributed by atoms with E-state index in [-0.39, 0.29) is 5.82 Å². The minimum absolute atomic E-state index is 0.220. The first-order valence-corrected chi connectivity index (χ1v) is 5.07. The van der Waals surface area contributed by atoms with Gasteiger partial charge in [0.15, 0.2) is 0 Å². The van der Waals surface area contributed by atoms with Gasteiger partial charge >= 0.3 is 0 Å². The monoisotopic (exact) mass is 221 g/mol. The number of halogens is 1. The van der Waals surface area contributed by atoms with Gasteiger partial charge < -0.3 is 4.74 Å². The van der Waals surface area contributed by atoms with Gasteiger partial charge in [0.05, 0.1) is 12.9 Å². The summed E-state index contributed by atoms with van der Waals surface area (Å²) in [4.78, 5) is 3.98. The van der Waals surface area contributed by atoms with Crippen LogP contribution in [0.2, 0.25) is 0 Å². The smallest absolute Gasteiger partial charge is 0.123 e.